The van der Waals surface area contributed by atoms with Gasteiger partial charge in [0.25, 0.3) is 0 Å². The lowest BCUT2D eigenvalue weighted by Crippen LogP contribution is -2.61. The molecule has 1 heterocycles. The van der Waals surface area contributed by atoms with Crippen LogP contribution in [0.5, 0.6) is 0 Å². The van der Waals surface area contributed by atoms with Crippen LogP contribution in [0.4, 0.5) is 4.79 Å². The first-order valence-corrected chi connectivity index (χ1v) is 11.9. The number of aldehydes is 1. The molecule has 2 amide bonds. The van der Waals surface area contributed by atoms with Crippen LogP contribution in [-0.4, -0.2) is 39.1 Å². The van der Waals surface area contributed by atoms with Gasteiger partial charge in [0.15, 0.2) is 0 Å². The first-order chi connectivity index (χ1) is 12.6. The van der Waals surface area contributed by atoms with Crippen molar-refractivity contribution < 1.29 is 13.8 Å². The second-order valence-electron chi connectivity index (χ2n) is 8.03. The average Bonchev–Trinajstić information content (AvgIpc) is 3.07. The Balaban J connectivity index is 2.08. The summed E-state index contributed by atoms with van der Waals surface area (Å²) in [6.07, 6.45) is 11.8. The van der Waals surface area contributed by atoms with Gasteiger partial charge >= 0.3 is 6.03 Å². The van der Waals surface area contributed by atoms with Gasteiger partial charge in [0.05, 0.1) is 16.8 Å². The molecule has 2 aliphatic rings. The smallest absolute Gasteiger partial charge is 0.315 e. The number of carbonyl (C=O) groups excluding carboxylic acids is 2. The van der Waals surface area contributed by atoms with Crippen molar-refractivity contribution in [3.8, 4) is 0 Å². The zero-order chi connectivity index (χ0) is 19.0. The van der Waals surface area contributed by atoms with E-state index in [0.717, 1.165) is 76.2 Å². The molecule has 1 aliphatic carbocycles. The van der Waals surface area contributed by atoms with Crippen LogP contribution in [0.1, 0.15) is 84.5 Å². The van der Waals surface area contributed by atoms with Crippen molar-refractivity contribution in [3.63, 3.8) is 0 Å². The van der Waals surface area contributed by atoms with Crippen molar-refractivity contribution in [1.29, 1.82) is 0 Å². The highest BCUT2D eigenvalue weighted by molar-refractivity contribution is 7.86. The van der Waals surface area contributed by atoms with Gasteiger partial charge in [-0.25, -0.2) is 4.79 Å². The maximum absolute atomic E-state index is 12.8. The topological polar surface area (TPSA) is 75.3 Å². The van der Waals surface area contributed by atoms with E-state index in [0.29, 0.717) is 0 Å². The van der Waals surface area contributed by atoms with Crippen LogP contribution in [-0.2, 0) is 15.6 Å². The maximum atomic E-state index is 12.8. The van der Waals surface area contributed by atoms with Crippen LogP contribution < -0.4 is 10.6 Å². The normalized spacial score (nSPS) is 25.6. The van der Waals surface area contributed by atoms with Crippen LogP contribution >= 0.6 is 0 Å². The fourth-order valence-corrected chi connectivity index (χ4v) is 6.89. The van der Waals surface area contributed by atoms with Gasteiger partial charge in [0, 0.05) is 16.6 Å². The summed E-state index contributed by atoms with van der Waals surface area (Å²) in [6, 6.07) is -0.677. The molecule has 1 aliphatic heterocycles. The third kappa shape index (κ3) is 5.30. The summed E-state index contributed by atoms with van der Waals surface area (Å²) in [4.78, 5) is 24.4. The van der Waals surface area contributed by atoms with Crippen LogP contribution in [0.15, 0.2) is 0 Å². The van der Waals surface area contributed by atoms with Crippen molar-refractivity contribution in [2.24, 2.45) is 5.92 Å². The number of hydrogen-bond acceptors (Lipinski definition) is 3. The molecule has 2 rings (SSSR count). The van der Waals surface area contributed by atoms with E-state index >= 15 is 0 Å². The zero-order valence-corrected chi connectivity index (χ0v) is 17.2. The van der Waals surface area contributed by atoms with Gasteiger partial charge in [0.2, 0.25) is 0 Å². The van der Waals surface area contributed by atoms with E-state index in [1.807, 2.05) is 0 Å². The minimum absolute atomic E-state index is 0.0255. The van der Waals surface area contributed by atoms with Gasteiger partial charge in [-0.1, -0.05) is 46.0 Å². The first kappa shape index (κ1) is 21.4. The lowest BCUT2D eigenvalue weighted by atomic mass is 9.83. The highest BCUT2D eigenvalue weighted by Gasteiger charge is 2.44. The first-order valence-electron chi connectivity index (χ1n) is 10.5. The molecule has 6 heteroatoms. The lowest BCUT2D eigenvalue weighted by Gasteiger charge is -2.40. The Morgan fingerprint density at radius 1 is 1.12 bits per heavy atom. The van der Waals surface area contributed by atoms with E-state index in [1.165, 1.54) is 6.42 Å². The van der Waals surface area contributed by atoms with E-state index < -0.39 is 22.4 Å². The van der Waals surface area contributed by atoms with Gasteiger partial charge in [-0.2, -0.15) is 0 Å². The summed E-state index contributed by atoms with van der Waals surface area (Å²) in [5.74, 6) is 0.988. The molecule has 0 spiro atoms. The second kappa shape index (κ2) is 10.4. The maximum Gasteiger partial charge on any atom is 0.315 e. The van der Waals surface area contributed by atoms with Crippen LogP contribution in [0, 0.1) is 5.92 Å². The molecule has 1 saturated carbocycles. The summed E-state index contributed by atoms with van der Waals surface area (Å²) in [7, 11) is -0.880. The zero-order valence-electron chi connectivity index (χ0n) is 16.4. The number of amides is 2. The Bertz CT molecular complexity index is 485. The van der Waals surface area contributed by atoms with Crippen molar-refractivity contribution in [2.75, 3.05) is 5.75 Å². The molecule has 0 aromatic heterocycles. The van der Waals surface area contributed by atoms with Crippen LogP contribution in [0.2, 0.25) is 0 Å². The molecule has 0 aromatic rings. The number of carbonyl (C=O) groups is 2. The van der Waals surface area contributed by atoms with Crippen LogP contribution in [0.25, 0.3) is 0 Å². The molecule has 5 nitrogen and oxygen atoms in total. The van der Waals surface area contributed by atoms with Gasteiger partial charge < -0.3 is 15.4 Å². The third-order valence-corrected chi connectivity index (χ3v) is 8.11. The SMILES string of the molecule is CCCC(CCC)(NC(=O)NC(C=O)C1CCCCC1)C1CCCS1=O. The quantitative estimate of drug-likeness (QED) is 0.595. The van der Waals surface area contributed by atoms with E-state index in [2.05, 4.69) is 24.5 Å². The fourth-order valence-electron chi connectivity index (χ4n) is 4.93. The molecule has 0 aromatic carbocycles. The van der Waals surface area contributed by atoms with E-state index in [4.69, 9.17) is 0 Å². The number of urea groups is 1. The molecule has 0 radical (unpaired) electrons. The molecule has 1 saturated heterocycles. The Kier molecular flexibility index (Phi) is 8.58. The Labute approximate surface area is 160 Å². The predicted octanol–water partition coefficient (Wildman–Crippen LogP) is 3.68. The fraction of sp³-hybridized carbons (Fsp3) is 0.900. The molecular formula is C20H36N2O3S. The van der Waals surface area contributed by atoms with Crippen LogP contribution in [0.3, 0.4) is 0 Å². The Morgan fingerprint density at radius 3 is 2.27 bits per heavy atom. The summed E-state index contributed by atoms with van der Waals surface area (Å²) in [5.41, 5.74) is -0.422. The van der Waals surface area contributed by atoms with Gasteiger partial charge in [0.1, 0.15) is 6.29 Å². The molecule has 3 atom stereocenters. The molecule has 2 fully saturated rings. The molecule has 0 bridgehead atoms. The molecule has 26 heavy (non-hydrogen) atoms. The number of rotatable bonds is 9. The molecule has 2 N–H and O–H groups in total. The third-order valence-electron chi connectivity index (χ3n) is 6.10. The van der Waals surface area contributed by atoms with Gasteiger partial charge in [-0.15, -0.1) is 0 Å². The monoisotopic (exact) mass is 384 g/mol. The standard InChI is InChI=1S/C20H36N2O3S/c1-3-12-20(13-4-2,18-11-8-14-26(18)25)22-19(24)21-17(15-23)16-9-6-5-7-10-16/h15-18H,3-14H2,1-2H3,(H2,21,22,24). The highest BCUT2D eigenvalue weighted by Crippen LogP contribution is 2.34. The summed E-state index contributed by atoms with van der Waals surface area (Å²) in [6.45, 7) is 4.22. The summed E-state index contributed by atoms with van der Waals surface area (Å²) >= 11 is 0. The van der Waals surface area contributed by atoms with E-state index in [1.54, 1.807) is 0 Å². The predicted molar refractivity (Wildman–Crippen MR) is 107 cm³/mol. The van der Waals surface area contributed by atoms with E-state index in [9.17, 15) is 13.8 Å². The summed E-state index contributed by atoms with van der Waals surface area (Å²) < 4.78 is 12.6. The molecule has 3 unspecified atom stereocenters. The molecule has 150 valence electrons. The highest BCUT2D eigenvalue weighted by atomic mass is 32.2. The number of nitrogens with one attached hydrogen (secondary N) is 2. The minimum atomic E-state index is -0.880. The van der Waals surface area contributed by atoms with Crippen molar-refractivity contribution in [2.45, 2.75) is 101 Å². The van der Waals surface area contributed by atoms with Crippen molar-refractivity contribution in [3.05, 3.63) is 0 Å². The Hall–Kier alpha value is -0.910. The number of hydrogen-bond donors (Lipinski definition) is 2. The largest absolute Gasteiger partial charge is 0.332 e. The van der Waals surface area contributed by atoms with Crippen molar-refractivity contribution >= 4 is 23.1 Å². The van der Waals surface area contributed by atoms with Crippen molar-refractivity contribution in [1.82, 2.24) is 10.6 Å². The second-order valence-corrected chi connectivity index (χ2v) is 9.77. The van der Waals surface area contributed by atoms with E-state index in [-0.39, 0.29) is 17.2 Å². The average molecular weight is 385 g/mol. The van der Waals surface area contributed by atoms with Gasteiger partial charge in [-0.3, -0.25) is 4.21 Å². The molecular weight excluding hydrogens is 348 g/mol. The Morgan fingerprint density at radius 2 is 1.77 bits per heavy atom. The lowest BCUT2D eigenvalue weighted by molar-refractivity contribution is -0.110. The van der Waals surface area contributed by atoms with Gasteiger partial charge in [-0.05, 0) is 44.4 Å². The summed E-state index contributed by atoms with van der Waals surface area (Å²) in [5, 5.41) is 6.16. The minimum Gasteiger partial charge on any atom is -0.332 e.